The molecular formula is C14H13N3O4S. The summed E-state index contributed by atoms with van der Waals surface area (Å²) in [4.78, 5) is 29.7. The number of nitrogens with zero attached hydrogens (tertiary/aromatic N) is 2. The van der Waals surface area contributed by atoms with Crippen LogP contribution in [-0.4, -0.2) is 30.1 Å². The lowest BCUT2D eigenvalue weighted by Crippen LogP contribution is -2.30. The minimum atomic E-state index is -3.86. The Kier molecular flexibility index (Phi) is 3.42. The molecule has 0 aromatic carbocycles. The Morgan fingerprint density at radius 3 is 2.73 bits per heavy atom. The molecule has 2 heterocycles. The van der Waals surface area contributed by atoms with Gasteiger partial charge in [-0.05, 0) is 17.7 Å². The summed E-state index contributed by atoms with van der Waals surface area (Å²) < 4.78 is 22.8. The molecule has 1 aliphatic heterocycles. The van der Waals surface area contributed by atoms with Crippen LogP contribution in [0.25, 0.3) is 0 Å². The van der Waals surface area contributed by atoms with E-state index < -0.39 is 27.8 Å². The van der Waals surface area contributed by atoms with E-state index in [1.807, 2.05) is 0 Å². The van der Waals surface area contributed by atoms with Crippen molar-refractivity contribution < 1.29 is 18.0 Å². The zero-order valence-corrected chi connectivity index (χ0v) is 12.3. The summed E-state index contributed by atoms with van der Waals surface area (Å²) in [7, 11) is -3.86. The number of primary sulfonamides is 1. The number of carbonyl (C=O) groups excluding carboxylic acids is 2. The lowest BCUT2D eigenvalue weighted by molar-refractivity contribution is -0.139. The molecule has 114 valence electrons. The maximum atomic E-state index is 12.4. The van der Waals surface area contributed by atoms with Crippen LogP contribution in [0.5, 0.6) is 0 Å². The number of amides is 2. The fourth-order valence-corrected chi connectivity index (χ4v) is 3.25. The second-order valence-electron chi connectivity index (χ2n) is 5.15. The van der Waals surface area contributed by atoms with Crippen molar-refractivity contribution in [1.82, 2.24) is 9.88 Å². The summed E-state index contributed by atoms with van der Waals surface area (Å²) in [5, 5.41) is 5.09. The Hall–Kier alpha value is -2.32. The highest BCUT2D eigenvalue weighted by atomic mass is 32.2. The van der Waals surface area contributed by atoms with Crippen LogP contribution in [0.1, 0.15) is 12.0 Å². The standard InChI is InChI=1S/C14H13N3O4S/c15-22(20,21)10-3-4-11-12(6-10)14(19)17(13(11)18)8-9-2-1-5-16-7-9/h1-5,7,12H,6,8H2,(H2,15,20,21). The van der Waals surface area contributed by atoms with E-state index in [-0.39, 0.29) is 17.9 Å². The lowest BCUT2D eigenvalue weighted by atomic mass is 9.94. The lowest BCUT2D eigenvalue weighted by Gasteiger charge is -2.15. The third kappa shape index (κ3) is 2.46. The quantitative estimate of drug-likeness (QED) is 0.793. The van der Waals surface area contributed by atoms with E-state index in [1.165, 1.54) is 12.2 Å². The molecule has 7 nitrogen and oxygen atoms in total. The van der Waals surface area contributed by atoms with E-state index in [2.05, 4.69) is 4.98 Å². The maximum Gasteiger partial charge on any atom is 0.257 e. The topological polar surface area (TPSA) is 110 Å². The minimum absolute atomic E-state index is 0.0365. The number of aromatic nitrogens is 1. The van der Waals surface area contributed by atoms with Crippen molar-refractivity contribution in [2.75, 3.05) is 0 Å². The van der Waals surface area contributed by atoms with Crippen LogP contribution in [0.2, 0.25) is 0 Å². The van der Waals surface area contributed by atoms with E-state index >= 15 is 0 Å². The predicted molar refractivity (Wildman–Crippen MR) is 77.2 cm³/mol. The van der Waals surface area contributed by atoms with E-state index in [0.29, 0.717) is 5.57 Å². The molecule has 1 saturated heterocycles. The minimum Gasteiger partial charge on any atom is -0.274 e. The number of likely N-dealkylation sites (tertiary alicyclic amines) is 1. The van der Waals surface area contributed by atoms with Crippen molar-refractivity contribution >= 4 is 21.8 Å². The van der Waals surface area contributed by atoms with Crippen LogP contribution >= 0.6 is 0 Å². The van der Waals surface area contributed by atoms with E-state index in [4.69, 9.17) is 5.14 Å². The summed E-state index contributed by atoms with van der Waals surface area (Å²) in [6.45, 7) is 0.115. The van der Waals surface area contributed by atoms with Gasteiger partial charge in [-0.3, -0.25) is 19.5 Å². The number of carbonyl (C=O) groups is 2. The first-order chi connectivity index (χ1) is 10.4. The van der Waals surface area contributed by atoms with Crippen molar-refractivity contribution in [2.45, 2.75) is 13.0 Å². The molecule has 8 heteroatoms. The molecule has 1 aromatic heterocycles. The number of fused-ring (bicyclic) bond motifs is 1. The molecule has 1 fully saturated rings. The number of imide groups is 1. The first-order valence-corrected chi connectivity index (χ1v) is 8.10. The Bertz CT molecular complexity index is 812. The molecule has 0 radical (unpaired) electrons. The van der Waals surface area contributed by atoms with Crippen molar-refractivity contribution in [1.29, 1.82) is 0 Å². The van der Waals surface area contributed by atoms with Crippen LogP contribution in [0.4, 0.5) is 0 Å². The van der Waals surface area contributed by atoms with Gasteiger partial charge in [0.2, 0.25) is 15.9 Å². The summed E-state index contributed by atoms with van der Waals surface area (Å²) in [5.41, 5.74) is 1.03. The Labute approximate surface area is 127 Å². The summed E-state index contributed by atoms with van der Waals surface area (Å²) in [5.74, 6) is -1.58. The molecule has 22 heavy (non-hydrogen) atoms. The first-order valence-electron chi connectivity index (χ1n) is 6.56. The highest BCUT2D eigenvalue weighted by Gasteiger charge is 2.45. The second-order valence-corrected chi connectivity index (χ2v) is 6.76. The summed E-state index contributed by atoms with van der Waals surface area (Å²) in [6.07, 6.45) is 5.77. The molecule has 1 aliphatic carbocycles. The Morgan fingerprint density at radius 1 is 1.32 bits per heavy atom. The largest absolute Gasteiger partial charge is 0.274 e. The molecular weight excluding hydrogens is 306 g/mol. The van der Waals surface area contributed by atoms with Gasteiger partial charge in [-0.15, -0.1) is 0 Å². The van der Waals surface area contributed by atoms with Crippen LogP contribution in [0, 0.1) is 5.92 Å². The average molecular weight is 319 g/mol. The Balaban J connectivity index is 1.87. The molecule has 2 amide bonds. The van der Waals surface area contributed by atoms with Crippen LogP contribution in [-0.2, 0) is 26.2 Å². The van der Waals surface area contributed by atoms with Crippen LogP contribution in [0.3, 0.4) is 0 Å². The van der Waals surface area contributed by atoms with E-state index in [1.54, 1.807) is 24.5 Å². The molecule has 1 unspecified atom stereocenters. The van der Waals surface area contributed by atoms with Gasteiger partial charge in [0.25, 0.3) is 5.91 Å². The predicted octanol–water partition coefficient (Wildman–Crippen LogP) is 0.0691. The molecule has 3 rings (SSSR count). The van der Waals surface area contributed by atoms with Gasteiger partial charge in [0, 0.05) is 24.4 Å². The van der Waals surface area contributed by atoms with Gasteiger partial charge in [0.1, 0.15) is 0 Å². The zero-order chi connectivity index (χ0) is 15.9. The fraction of sp³-hybridized carbons (Fsp3) is 0.214. The number of sulfonamides is 1. The van der Waals surface area contributed by atoms with Gasteiger partial charge < -0.3 is 0 Å². The number of pyridine rings is 1. The average Bonchev–Trinajstić information content (AvgIpc) is 2.72. The molecule has 2 aliphatic rings. The SMILES string of the molecule is NS(=O)(=O)C1=CC=C2C(=O)N(Cc3cccnc3)C(=O)C2C1. The molecule has 0 bridgehead atoms. The van der Waals surface area contributed by atoms with Gasteiger partial charge in [0.15, 0.2) is 0 Å². The fourth-order valence-electron chi connectivity index (χ4n) is 2.60. The first kappa shape index (κ1) is 14.6. The second kappa shape index (κ2) is 5.15. The van der Waals surface area contributed by atoms with E-state index in [9.17, 15) is 18.0 Å². The van der Waals surface area contributed by atoms with Gasteiger partial charge in [-0.25, -0.2) is 13.6 Å². The van der Waals surface area contributed by atoms with Crippen molar-refractivity contribution in [2.24, 2.45) is 11.1 Å². The number of nitrogens with two attached hydrogens (primary N) is 1. The van der Waals surface area contributed by atoms with Gasteiger partial charge in [-0.2, -0.15) is 0 Å². The molecule has 0 saturated carbocycles. The number of hydrogen-bond donors (Lipinski definition) is 1. The van der Waals surface area contributed by atoms with Crippen molar-refractivity contribution in [3.63, 3.8) is 0 Å². The monoisotopic (exact) mass is 319 g/mol. The molecule has 1 atom stereocenters. The third-order valence-electron chi connectivity index (χ3n) is 3.71. The van der Waals surface area contributed by atoms with E-state index in [0.717, 1.165) is 10.5 Å². The van der Waals surface area contributed by atoms with Crippen molar-refractivity contribution in [3.8, 4) is 0 Å². The molecule has 2 N–H and O–H groups in total. The maximum absolute atomic E-state index is 12.4. The molecule has 1 aromatic rings. The number of rotatable bonds is 3. The number of hydrogen-bond acceptors (Lipinski definition) is 5. The summed E-state index contributed by atoms with van der Waals surface area (Å²) in [6, 6.07) is 3.48. The summed E-state index contributed by atoms with van der Waals surface area (Å²) >= 11 is 0. The Morgan fingerprint density at radius 2 is 2.09 bits per heavy atom. The van der Waals surface area contributed by atoms with Gasteiger partial charge >= 0.3 is 0 Å². The van der Waals surface area contributed by atoms with Crippen LogP contribution in [0.15, 0.2) is 47.2 Å². The smallest absolute Gasteiger partial charge is 0.257 e. The van der Waals surface area contributed by atoms with Gasteiger partial charge in [0.05, 0.1) is 17.4 Å². The van der Waals surface area contributed by atoms with Crippen molar-refractivity contribution in [3.05, 3.63) is 52.7 Å². The zero-order valence-electron chi connectivity index (χ0n) is 11.5. The van der Waals surface area contributed by atoms with Crippen LogP contribution < -0.4 is 5.14 Å². The normalized spacial score (nSPS) is 21.5. The number of allylic oxidation sites excluding steroid dienone is 3. The third-order valence-corrected chi connectivity index (χ3v) is 4.75. The highest BCUT2D eigenvalue weighted by molar-refractivity contribution is 7.93. The van der Waals surface area contributed by atoms with Gasteiger partial charge in [-0.1, -0.05) is 12.1 Å². The molecule has 0 spiro atoms. The highest BCUT2D eigenvalue weighted by Crippen LogP contribution is 2.35.